The lowest BCUT2D eigenvalue weighted by molar-refractivity contribution is -0.131. The highest BCUT2D eigenvalue weighted by molar-refractivity contribution is 5.94. The monoisotopic (exact) mass is 403 g/mol. The van der Waals surface area contributed by atoms with Gasteiger partial charge in [-0.3, -0.25) is 14.4 Å². The summed E-state index contributed by atoms with van der Waals surface area (Å²) in [4.78, 5) is 38.5. The third kappa shape index (κ3) is 9.59. The molecule has 0 aliphatic rings. The molecular formula is C23H37N3O3. The number of carbonyl (C=O) groups is 3. The predicted octanol–water partition coefficient (Wildman–Crippen LogP) is 3.65. The third-order valence-corrected chi connectivity index (χ3v) is 4.80. The van der Waals surface area contributed by atoms with E-state index in [2.05, 4.69) is 24.5 Å². The molecule has 6 heteroatoms. The van der Waals surface area contributed by atoms with Crippen LogP contribution in [0.5, 0.6) is 0 Å². The van der Waals surface area contributed by atoms with Crippen LogP contribution < -0.4 is 10.6 Å². The van der Waals surface area contributed by atoms with E-state index >= 15 is 0 Å². The van der Waals surface area contributed by atoms with Crippen molar-refractivity contribution < 1.29 is 14.4 Å². The summed E-state index contributed by atoms with van der Waals surface area (Å²) >= 11 is 0. The maximum atomic E-state index is 12.2. The summed E-state index contributed by atoms with van der Waals surface area (Å²) < 4.78 is 0. The van der Waals surface area contributed by atoms with Crippen LogP contribution in [0.2, 0.25) is 0 Å². The van der Waals surface area contributed by atoms with Crippen LogP contribution in [0, 0.1) is 0 Å². The van der Waals surface area contributed by atoms with Crippen molar-refractivity contribution in [2.75, 3.05) is 13.1 Å². The quantitative estimate of drug-likeness (QED) is 0.528. The minimum Gasteiger partial charge on any atom is -0.352 e. The summed E-state index contributed by atoms with van der Waals surface area (Å²) in [5.74, 6) is -0.0546. The smallest absolute Gasteiger partial charge is 0.251 e. The van der Waals surface area contributed by atoms with Crippen LogP contribution in [0.3, 0.4) is 0 Å². The second-order valence-electron chi connectivity index (χ2n) is 7.49. The Morgan fingerprint density at radius 3 is 2.34 bits per heavy atom. The van der Waals surface area contributed by atoms with E-state index in [0.717, 1.165) is 37.9 Å². The highest BCUT2D eigenvalue weighted by Gasteiger charge is 2.13. The van der Waals surface area contributed by atoms with Crippen molar-refractivity contribution in [1.29, 1.82) is 0 Å². The Morgan fingerprint density at radius 2 is 1.72 bits per heavy atom. The second-order valence-corrected chi connectivity index (χ2v) is 7.49. The molecule has 0 heterocycles. The molecular weight excluding hydrogens is 366 g/mol. The summed E-state index contributed by atoms with van der Waals surface area (Å²) in [6.45, 7) is 10.0. The summed E-state index contributed by atoms with van der Waals surface area (Å²) in [5.41, 5.74) is 1.47. The van der Waals surface area contributed by atoms with Crippen LogP contribution in [0.15, 0.2) is 24.3 Å². The molecule has 0 spiro atoms. The van der Waals surface area contributed by atoms with Gasteiger partial charge in [0, 0.05) is 44.1 Å². The summed E-state index contributed by atoms with van der Waals surface area (Å²) in [5, 5.41) is 5.82. The van der Waals surface area contributed by atoms with Gasteiger partial charge in [-0.2, -0.15) is 0 Å². The molecule has 0 radical (unpaired) electrons. The van der Waals surface area contributed by atoms with E-state index in [-0.39, 0.29) is 23.8 Å². The molecule has 0 saturated heterocycles. The van der Waals surface area contributed by atoms with Crippen LogP contribution >= 0.6 is 0 Å². The van der Waals surface area contributed by atoms with Crippen molar-refractivity contribution in [3.8, 4) is 0 Å². The summed E-state index contributed by atoms with van der Waals surface area (Å²) in [6.07, 6.45) is 4.04. The van der Waals surface area contributed by atoms with Crippen molar-refractivity contribution in [3.63, 3.8) is 0 Å². The van der Waals surface area contributed by atoms with Crippen LogP contribution in [-0.4, -0.2) is 41.8 Å². The molecule has 1 atom stereocenters. The molecule has 1 rings (SSSR count). The molecule has 29 heavy (non-hydrogen) atoms. The number of rotatable bonds is 13. The van der Waals surface area contributed by atoms with Gasteiger partial charge in [0.15, 0.2) is 0 Å². The van der Waals surface area contributed by atoms with E-state index < -0.39 is 0 Å². The van der Waals surface area contributed by atoms with Gasteiger partial charge in [-0.1, -0.05) is 32.9 Å². The average molecular weight is 404 g/mol. The Balaban J connectivity index is 2.42. The maximum absolute atomic E-state index is 12.2. The minimum atomic E-state index is -0.102. The first kappa shape index (κ1) is 24.7. The molecule has 0 bridgehead atoms. The summed E-state index contributed by atoms with van der Waals surface area (Å²) in [7, 11) is 0. The Bertz CT molecular complexity index is 655. The van der Waals surface area contributed by atoms with Gasteiger partial charge in [-0.25, -0.2) is 0 Å². The van der Waals surface area contributed by atoms with E-state index in [9.17, 15) is 14.4 Å². The van der Waals surface area contributed by atoms with Crippen molar-refractivity contribution in [3.05, 3.63) is 35.4 Å². The van der Waals surface area contributed by atoms with E-state index in [1.54, 1.807) is 12.1 Å². The van der Waals surface area contributed by atoms with E-state index in [0.29, 0.717) is 31.4 Å². The molecule has 0 aliphatic heterocycles. The Morgan fingerprint density at radius 1 is 1.03 bits per heavy atom. The average Bonchev–Trinajstić information content (AvgIpc) is 2.72. The summed E-state index contributed by atoms with van der Waals surface area (Å²) in [6, 6.07) is 7.40. The lowest BCUT2D eigenvalue weighted by Gasteiger charge is -2.21. The number of carbonyl (C=O) groups excluding carboxylic acids is 3. The molecule has 6 nitrogen and oxygen atoms in total. The zero-order valence-electron chi connectivity index (χ0n) is 18.4. The van der Waals surface area contributed by atoms with Crippen LogP contribution in [0.25, 0.3) is 0 Å². The molecule has 1 unspecified atom stereocenters. The van der Waals surface area contributed by atoms with Gasteiger partial charge in [0.25, 0.3) is 5.91 Å². The van der Waals surface area contributed by atoms with Crippen molar-refractivity contribution >= 4 is 17.7 Å². The molecule has 0 aromatic heterocycles. The fourth-order valence-corrected chi connectivity index (χ4v) is 2.98. The van der Waals surface area contributed by atoms with Crippen molar-refractivity contribution in [2.24, 2.45) is 0 Å². The van der Waals surface area contributed by atoms with E-state index in [1.807, 2.05) is 30.9 Å². The number of amides is 3. The molecule has 1 aromatic rings. The molecule has 0 saturated carbocycles. The van der Waals surface area contributed by atoms with Gasteiger partial charge in [0.1, 0.15) is 0 Å². The molecule has 0 fully saturated rings. The second kappa shape index (κ2) is 13.7. The standard InChI is InChI=1S/C23H37N3O3/c1-5-14-26(15-6-2)22(28)13-9-12-21(27)24-17-19-10-8-11-20(16-19)23(29)25-18(4)7-3/h8,10-11,16,18H,5-7,9,12-15,17H2,1-4H3,(H,24,27)(H,25,29). The zero-order valence-corrected chi connectivity index (χ0v) is 18.4. The third-order valence-electron chi connectivity index (χ3n) is 4.80. The highest BCUT2D eigenvalue weighted by Crippen LogP contribution is 2.07. The van der Waals surface area contributed by atoms with Gasteiger partial charge >= 0.3 is 0 Å². The van der Waals surface area contributed by atoms with Gasteiger partial charge in [-0.15, -0.1) is 0 Å². The van der Waals surface area contributed by atoms with Crippen molar-refractivity contribution in [1.82, 2.24) is 15.5 Å². The lowest BCUT2D eigenvalue weighted by Crippen LogP contribution is -2.32. The number of benzene rings is 1. The lowest BCUT2D eigenvalue weighted by atomic mass is 10.1. The topological polar surface area (TPSA) is 78.5 Å². The predicted molar refractivity (Wildman–Crippen MR) is 117 cm³/mol. The molecule has 1 aromatic carbocycles. The first-order chi connectivity index (χ1) is 13.9. The Hall–Kier alpha value is -2.37. The first-order valence-corrected chi connectivity index (χ1v) is 10.8. The van der Waals surface area contributed by atoms with Crippen LogP contribution in [0.1, 0.15) is 82.1 Å². The molecule has 3 amide bonds. The van der Waals surface area contributed by atoms with E-state index in [1.165, 1.54) is 0 Å². The van der Waals surface area contributed by atoms with Crippen molar-refractivity contribution in [2.45, 2.75) is 78.8 Å². The fourth-order valence-electron chi connectivity index (χ4n) is 2.98. The molecule has 162 valence electrons. The highest BCUT2D eigenvalue weighted by atomic mass is 16.2. The van der Waals surface area contributed by atoms with E-state index in [4.69, 9.17) is 0 Å². The van der Waals surface area contributed by atoms with Crippen LogP contribution in [0.4, 0.5) is 0 Å². The largest absolute Gasteiger partial charge is 0.352 e. The number of nitrogens with one attached hydrogen (secondary N) is 2. The molecule has 2 N–H and O–H groups in total. The Kier molecular flexibility index (Phi) is 11.7. The number of hydrogen-bond donors (Lipinski definition) is 2. The van der Waals surface area contributed by atoms with Gasteiger partial charge in [0.05, 0.1) is 0 Å². The SMILES string of the molecule is CCCN(CCC)C(=O)CCCC(=O)NCc1cccc(C(=O)NC(C)CC)c1. The van der Waals surface area contributed by atoms with Gasteiger partial charge in [0.2, 0.25) is 11.8 Å². The number of hydrogen-bond acceptors (Lipinski definition) is 3. The van der Waals surface area contributed by atoms with Gasteiger partial charge in [-0.05, 0) is 50.3 Å². The zero-order chi connectivity index (χ0) is 21.6. The number of nitrogens with zero attached hydrogens (tertiary/aromatic N) is 1. The molecule has 0 aliphatic carbocycles. The van der Waals surface area contributed by atoms with Crippen LogP contribution in [-0.2, 0) is 16.1 Å². The fraction of sp³-hybridized carbons (Fsp3) is 0.609. The first-order valence-electron chi connectivity index (χ1n) is 10.8. The van der Waals surface area contributed by atoms with Gasteiger partial charge < -0.3 is 15.5 Å². The maximum Gasteiger partial charge on any atom is 0.251 e. The normalized spacial score (nSPS) is 11.6. The minimum absolute atomic E-state index is 0.0789. The Labute approximate surface area is 175 Å².